The predicted octanol–water partition coefficient (Wildman–Crippen LogP) is 3.45. The van der Waals surface area contributed by atoms with Gasteiger partial charge in [0, 0.05) is 25.3 Å². The Morgan fingerprint density at radius 1 is 1.17 bits per heavy atom. The molecule has 0 saturated carbocycles. The average Bonchev–Trinajstić information content (AvgIpc) is 2.36. The molecule has 0 aromatic heterocycles. The van der Waals surface area contributed by atoms with Crippen molar-refractivity contribution in [1.29, 1.82) is 0 Å². The second-order valence-corrected chi connectivity index (χ2v) is 5.64. The highest BCUT2D eigenvalue weighted by molar-refractivity contribution is 5.46. The number of rotatable bonds is 7. The van der Waals surface area contributed by atoms with Gasteiger partial charge in [-0.2, -0.15) is 0 Å². The van der Waals surface area contributed by atoms with Gasteiger partial charge in [0.25, 0.3) is 0 Å². The van der Waals surface area contributed by atoms with E-state index in [9.17, 15) is 0 Å². The second-order valence-electron chi connectivity index (χ2n) is 5.64. The van der Waals surface area contributed by atoms with Crippen molar-refractivity contribution >= 4 is 5.69 Å². The lowest BCUT2D eigenvalue weighted by Gasteiger charge is -2.21. The minimum absolute atomic E-state index is 0.287. The lowest BCUT2D eigenvalue weighted by molar-refractivity contribution is 0.585. The third kappa shape index (κ3) is 5.09. The van der Waals surface area contributed by atoms with E-state index in [0.717, 1.165) is 25.3 Å². The van der Waals surface area contributed by atoms with Crippen LogP contribution in [0.3, 0.4) is 0 Å². The Bertz CT molecular complexity index is 329. The summed E-state index contributed by atoms with van der Waals surface area (Å²) < 4.78 is 0. The van der Waals surface area contributed by atoms with Crippen molar-refractivity contribution < 1.29 is 0 Å². The van der Waals surface area contributed by atoms with Gasteiger partial charge >= 0.3 is 0 Å². The maximum atomic E-state index is 5.97. The van der Waals surface area contributed by atoms with Gasteiger partial charge in [-0.1, -0.05) is 32.9 Å². The highest BCUT2D eigenvalue weighted by Crippen LogP contribution is 2.16. The molecule has 18 heavy (non-hydrogen) atoms. The molecule has 1 rings (SSSR count). The summed E-state index contributed by atoms with van der Waals surface area (Å²) in [5.41, 5.74) is 8.61. The van der Waals surface area contributed by atoms with Crippen LogP contribution in [0.4, 0.5) is 5.69 Å². The molecule has 2 N–H and O–H groups in total. The minimum Gasteiger partial charge on any atom is -0.375 e. The molecular formula is C16H28N2. The van der Waals surface area contributed by atoms with Crippen LogP contribution >= 0.6 is 0 Å². The summed E-state index contributed by atoms with van der Waals surface area (Å²) in [6, 6.07) is 9.11. The first-order valence-electron chi connectivity index (χ1n) is 7.08. The van der Waals surface area contributed by atoms with Crippen LogP contribution in [-0.2, 0) is 6.42 Å². The molecule has 1 aromatic rings. The van der Waals surface area contributed by atoms with E-state index in [2.05, 4.69) is 57.0 Å². The molecule has 102 valence electrons. The van der Waals surface area contributed by atoms with Crippen molar-refractivity contribution in [2.75, 3.05) is 18.5 Å². The molecule has 0 fully saturated rings. The van der Waals surface area contributed by atoms with Crippen molar-refractivity contribution in [3.63, 3.8) is 0 Å². The molecule has 2 heteroatoms. The van der Waals surface area contributed by atoms with E-state index in [1.807, 2.05) is 0 Å². The summed E-state index contributed by atoms with van der Waals surface area (Å²) in [6.45, 7) is 7.79. The van der Waals surface area contributed by atoms with Crippen LogP contribution in [-0.4, -0.2) is 19.6 Å². The van der Waals surface area contributed by atoms with Crippen LogP contribution in [0.15, 0.2) is 24.3 Å². The zero-order chi connectivity index (χ0) is 13.5. The lowest BCUT2D eigenvalue weighted by atomic mass is 10.0. The van der Waals surface area contributed by atoms with Crippen LogP contribution in [0, 0.1) is 5.92 Å². The number of nitrogens with zero attached hydrogens (tertiary/aromatic N) is 1. The molecule has 0 aliphatic rings. The van der Waals surface area contributed by atoms with Gasteiger partial charge in [0.15, 0.2) is 0 Å². The van der Waals surface area contributed by atoms with Gasteiger partial charge in [-0.05, 0) is 42.9 Å². The molecule has 0 amide bonds. The van der Waals surface area contributed by atoms with Crippen LogP contribution in [0.2, 0.25) is 0 Å². The maximum absolute atomic E-state index is 5.97. The minimum atomic E-state index is 0.287. The van der Waals surface area contributed by atoms with Gasteiger partial charge in [-0.25, -0.2) is 0 Å². The molecule has 0 radical (unpaired) electrons. The van der Waals surface area contributed by atoms with Gasteiger partial charge in [-0.15, -0.1) is 0 Å². The van der Waals surface area contributed by atoms with Gasteiger partial charge in [-0.3, -0.25) is 0 Å². The standard InChI is InChI=1S/C16H28N2/c1-5-15(17)12-14-6-8-16(9-7-14)18(4)11-10-13(2)3/h6-9,13,15H,5,10-12,17H2,1-4H3. The Labute approximate surface area is 112 Å². The molecule has 0 saturated heterocycles. The Balaban J connectivity index is 2.53. The fourth-order valence-electron chi connectivity index (χ4n) is 1.91. The summed E-state index contributed by atoms with van der Waals surface area (Å²) in [5, 5.41) is 0. The molecule has 0 bridgehead atoms. The van der Waals surface area contributed by atoms with Gasteiger partial charge < -0.3 is 10.6 Å². The van der Waals surface area contributed by atoms with E-state index in [1.165, 1.54) is 17.7 Å². The van der Waals surface area contributed by atoms with E-state index in [-0.39, 0.29) is 6.04 Å². The van der Waals surface area contributed by atoms with Crippen molar-refractivity contribution in [1.82, 2.24) is 0 Å². The van der Waals surface area contributed by atoms with Crippen molar-refractivity contribution in [2.45, 2.75) is 46.1 Å². The largest absolute Gasteiger partial charge is 0.375 e. The Morgan fingerprint density at radius 3 is 2.28 bits per heavy atom. The summed E-state index contributed by atoms with van der Waals surface area (Å²) in [4.78, 5) is 2.32. The molecule has 2 nitrogen and oxygen atoms in total. The number of benzene rings is 1. The number of nitrogens with two attached hydrogens (primary N) is 1. The van der Waals surface area contributed by atoms with Crippen LogP contribution < -0.4 is 10.6 Å². The van der Waals surface area contributed by atoms with E-state index < -0.39 is 0 Å². The number of hydrogen-bond acceptors (Lipinski definition) is 2. The summed E-state index contributed by atoms with van der Waals surface area (Å²) in [5.74, 6) is 0.759. The number of hydrogen-bond donors (Lipinski definition) is 1. The smallest absolute Gasteiger partial charge is 0.0363 e. The lowest BCUT2D eigenvalue weighted by Crippen LogP contribution is -2.22. The maximum Gasteiger partial charge on any atom is 0.0363 e. The molecular weight excluding hydrogens is 220 g/mol. The fraction of sp³-hybridized carbons (Fsp3) is 0.625. The molecule has 0 spiro atoms. The molecule has 1 aromatic carbocycles. The topological polar surface area (TPSA) is 29.3 Å². The normalized spacial score (nSPS) is 12.8. The molecule has 1 unspecified atom stereocenters. The Hall–Kier alpha value is -1.02. The molecule has 0 aliphatic carbocycles. The summed E-state index contributed by atoms with van der Waals surface area (Å²) >= 11 is 0. The third-order valence-corrected chi connectivity index (χ3v) is 3.44. The van der Waals surface area contributed by atoms with E-state index in [0.29, 0.717) is 0 Å². The molecule has 0 heterocycles. The van der Waals surface area contributed by atoms with E-state index in [1.54, 1.807) is 0 Å². The van der Waals surface area contributed by atoms with Gasteiger partial charge in [0.1, 0.15) is 0 Å². The van der Waals surface area contributed by atoms with Gasteiger partial charge in [0.05, 0.1) is 0 Å². The molecule has 1 atom stereocenters. The van der Waals surface area contributed by atoms with Crippen LogP contribution in [0.25, 0.3) is 0 Å². The Kier molecular flexibility index (Phi) is 6.20. The van der Waals surface area contributed by atoms with E-state index >= 15 is 0 Å². The highest BCUT2D eigenvalue weighted by Gasteiger charge is 2.04. The van der Waals surface area contributed by atoms with Crippen molar-refractivity contribution in [3.8, 4) is 0 Å². The monoisotopic (exact) mass is 248 g/mol. The van der Waals surface area contributed by atoms with Crippen LogP contribution in [0.1, 0.15) is 39.2 Å². The zero-order valence-corrected chi connectivity index (χ0v) is 12.3. The molecule has 0 aliphatic heterocycles. The first-order chi connectivity index (χ1) is 8.52. The summed E-state index contributed by atoms with van der Waals surface area (Å²) in [6.07, 6.45) is 3.25. The first kappa shape index (κ1) is 15.0. The zero-order valence-electron chi connectivity index (χ0n) is 12.3. The average molecular weight is 248 g/mol. The fourth-order valence-corrected chi connectivity index (χ4v) is 1.91. The van der Waals surface area contributed by atoms with Crippen LogP contribution in [0.5, 0.6) is 0 Å². The SMILES string of the molecule is CCC(N)Cc1ccc(N(C)CCC(C)C)cc1. The third-order valence-electron chi connectivity index (χ3n) is 3.44. The highest BCUT2D eigenvalue weighted by atomic mass is 15.1. The second kappa shape index (κ2) is 7.42. The Morgan fingerprint density at radius 2 is 1.78 bits per heavy atom. The van der Waals surface area contributed by atoms with Crippen molar-refractivity contribution in [3.05, 3.63) is 29.8 Å². The number of anilines is 1. The summed E-state index contributed by atoms with van der Waals surface area (Å²) in [7, 11) is 2.16. The first-order valence-corrected chi connectivity index (χ1v) is 7.08. The van der Waals surface area contributed by atoms with E-state index in [4.69, 9.17) is 5.73 Å². The predicted molar refractivity (Wildman–Crippen MR) is 81.1 cm³/mol. The quantitative estimate of drug-likeness (QED) is 0.801. The van der Waals surface area contributed by atoms with Crippen molar-refractivity contribution in [2.24, 2.45) is 11.7 Å². The van der Waals surface area contributed by atoms with Gasteiger partial charge in [0.2, 0.25) is 0 Å².